The monoisotopic (exact) mass is 358 g/mol. The smallest absolute Gasteiger partial charge is 0.133 e. The maximum Gasteiger partial charge on any atom is 0.133 e. The van der Waals surface area contributed by atoms with Gasteiger partial charge in [0.05, 0.1) is 15.4 Å². The van der Waals surface area contributed by atoms with E-state index in [0.29, 0.717) is 18.6 Å². The molecule has 24 heavy (non-hydrogen) atoms. The molecular formula is C20H22O2S2. The maximum atomic E-state index is 13.2. The Morgan fingerprint density at radius 2 is 1.58 bits per heavy atom. The van der Waals surface area contributed by atoms with E-state index in [1.807, 2.05) is 31.2 Å². The molecule has 3 rings (SSSR count). The Bertz CT molecular complexity index is 735. The van der Waals surface area contributed by atoms with Gasteiger partial charge in [-0.1, -0.05) is 35.4 Å². The van der Waals surface area contributed by atoms with Crippen molar-refractivity contribution in [2.45, 2.75) is 47.5 Å². The van der Waals surface area contributed by atoms with Crippen molar-refractivity contribution in [1.29, 1.82) is 0 Å². The highest BCUT2D eigenvalue weighted by Gasteiger charge is 2.34. The molecule has 126 valence electrons. The lowest BCUT2D eigenvalue weighted by atomic mass is 10.1. The third kappa shape index (κ3) is 4.17. The summed E-state index contributed by atoms with van der Waals surface area (Å²) in [6.07, 6.45) is 2.03. The minimum absolute atomic E-state index is 0.0816. The van der Waals surface area contributed by atoms with Crippen LogP contribution in [0.25, 0.3) is 0 Å². The Balaban J connectivity index is 1.86. The number of benzene rings is 2. The zero-order valence-electron chi connectivity index (χ0n) is 14.0. The fourth-order valence-electron chi connectivity index (χ4n) is 2.95. The zero-order chi connectivity index (χ0) is 17.1. The summed E-state index contributed by atoms with van der Waals surface area (Å²) < 4.78 is 13.1. The van der Waals surface area contributed by atoms with Gasteiger partial charge in [-0.05, 0) is 50.5 Å². The summed E-state index contributed by atoms with van der Waals surface area (Å²) in [6.45, 7) is 4.09. The van der Waals surface area contributed by atoms with E-state index in [9.17, 15) is 9.00 Å². The van der Waals surface area contributed by atoms with Gasteiger partial charge in [-0.15, -0.1) is 11.8 Å². The minimum Gasteiger partial charge on any atom is -0.300 e. The SMILES string of the molecule is Cc1ccc(SC([C@@H]2CCC(=O)C2)[S@](=O)c2ccc(C)cc2)cc1. The number of rotatable bonds is 5. The van der Waals surface area contributed by atoms with Crippen molar-refractivity contribution in [3.63, 3.8) is 0 Å². The molecule has 0 saturated heterocycles. The standard InChI is InChI=1S/C20H22O2S2/c1-14-3-9-18(10-4-14)23-20(16-7-8-17(21)13-16)24(22)19-11-5-15(2)6-12-19/h3-6,9-12,16,20H,7-8,13H2,1-2H3/t16-,20?,24-/m1/s1. The number of ketones is 1. The molecule has 1 unspecified atom stereocenters. The molecule has 0 heterocycles. The van der Waals surface area contributed by atoms with Gasteiger partial charge in [0.1, 0.15) is 5.78 Å². The Morgan fingerprint density at radius 1 is 1.00 bits per heavy atom. The van der Waals surface area contributed by atoms with Crippen LogP contribution in [0.5, 0.6) is 0 Å². The Labute approximate surface area is 150 Å². The van der Waals surface area contributed by atoms with Crippen LogP contribution in [0.3, 0.4) is 0 Å². The molecule has 0 bridgehead atoms. The first kappa shape index (κ1) is 17.4. The first-order valence-electron chi connectivity index (χ1n) is 8.25. The van der Waals surface area contributed by atoms with E-state index in [4.69, 9.17) is 0 Å². The molecule has 0 amide bonds. The second-order valence-corrected chi connectivity index (χ2v) is 9.54. The molecule has 2 aromatic rings. The van der Waals surface area contributed by atoms with E-state index in [0.717, 1.165) is 21.8 Å². The van der Waals surface area contributed by atoms with Gasteiger partial charge in [-0.2, -0.15) is 0 Å². The van der Waals surface area contributed by atoms with Crippen LogP contribution < -0.4 is 0 Å². The average molecular weight is 359 g/mol. The number of aryl methyl sites for hydroxylation is 2. The number of carbonyl (C=O) groups excluding carboxylic acids is 1. The fourth-order valence-corrected chi connectivity index (χ4v) is 6.20. The molecule has 1 aliphatic carbocycles. The fraction of sp³-hybridized carbons (Fsp3) is 0.350. The Kier molecular flexibility index (Phi) is 5.57. The van der Waals surface area contributed by atoms with Gasteiger partial charge in [0.25, 0.3) is 0 Å². The number of hydrogen-bond acceptors (Lipinski definition) is 3. The second kappa shape index (κ2) is 7.66. The van der Waals surface area contributed by atoms with Crippen molar-refractivity contribution in [1.82, 2.24) is 0 Å². The van der Waals surface area contributed by atoms with Gasteiger partial charge in [-0.25, -0.2) is 0 Å². The van der Waals surface area contributed by atoms with Crippen LogP contribution >= 0.6 is 11.8 Å². The molecule has 1 aliphatic rings. The number of carbonyl (C=O) groups is 1. The maximum absolute atomic E-state index is 13.2. The van der Waals surface area contributed by atoms with E-state index in [1.54, 1.807) is 11.8 Å². The molecule has 4 heteroatoms. The molecule has 0 aliphatic heterocycles. The quantitative estimate of drug-likeness (QED) is 0.713. The Hall–Kier alpha value is -1.39. The summed E-state index contributed by atoms with van der Waals surface area (Å²) in [4.78, 5) is 13.7. The molecule has 2 nitrogen and oxygen atoms in total. The molecule has 2 aromatic carbocycles. The topological polar surface area (TPSA) is 34.1 Å². The molecule has 3 atom stereocenters. The lowest BCUT2D eigenvalue weighted by Gasteiger charge is -2.22. The van der Waals surface area contributed by atoms with E-state index in [2.05, 4.69) is 31.2 Å². The van der Waals surface area contributed by atoms with Gasteiger partial charge in [0.15, 0.2) is 0 Å². The van der Waals surface area contributed by atoms with Crippen molar-refractivity contribution in [2.24, 2.45) is 5.92 Å². The van der Waals surface area contributed by atoms with Crippen LogP contribution in [0.4, 0.5) is 0 Å². The van der Waals surface area contributed by atoms with E-state index < -0.39 is 10.8 Å². The molecule has 0 radical (unpaired) electrons. The molecule has 0 N–H and O–H groups in total. The van der Waals surface area contributed by atoms with E-state index >= 15 is 0 Å². The molecule has 0 aromatic heterocycles. The summed E-state index contributed by atoms with van der Waals surface area (Å²) in [5, 5.41) is 0. The van der Waals surface area contributed by atoms with E-state index in [1.165, 1.54) is 5.56 Å². The van der Waals surface area contributed by atoms with Gasteiger partial charge < -0.3 is 0 Å². The molecule has 1 fully saturated rings. The summed E-state index contributed by atoms with van der Waals surface area (Å²) in [7, 11) is -1.13. The van der Waals surface area contributed by atoms with Gasteiger partial charge in [-0.3, -0.25) is 9.00 Å². The van der Waals surface area contributed by atoms with Crippen LogP contribution in [-0.2, 0) is 15.6 Å². The first-order valence-corrected chi connectivity index (χ1v) is 10.3. The van der Waals surface area contributed by atoms with E-state index in [-0.39, 0.29) is 10.5 Å². The average Bonchev–Trinajstić information content (AvgIpc) is 3.00. The molecule has 1 saturated carbocycles. The lowest BCUT2D eigenvalue weighted by Crippen LogP contribution is -2.21. The second-order valence-electron chi connectivity index (χ2n) is 6.45. The summed E-state index contributed by atoms with van der Waals surface area (Å²) in [5.41, 5.74) is 2.38. The van der Waals surface area contributed by atoms with Crippen molar-refractivity contribution in [3.05, 3.63) is 59.7 Å². The van der Waals surface area contributed by atoms with Gasteiger partial charge >= 0.3 is 0 Å². The third-order valence-corrected chi connectivity index (χ3v) is 7.92. The Morgan fingerprint density at radius 3 is 2.12 bits per heavy atom. The minimum atomic E-state index is -1.13. The van der Waals surface area contributed by atoms with Crippen LogP contribution in [0.2, 0.25) is 0 Å². The van der Waals surface area contributed by atoms with Crippen molar-refractivity contribution in [2.75, 3.05) is 0 Å². The van der Waals surface area contributed by atoms with Crippen molar-refractivity contribution < 1.29 is 9.00 Å². The molecule has 0 spiro atoms. The normalized spacial score (nSPS) is 20.1. The van der Waals surface area contributed by atoms with Crippen molar-refractivity contribution >= 4 is 28.3 Å². The third-order valence-electron chi connectivity index (χ3n) is 4.41. The highest BCUT2D eigenvalue weighted by molar-refractivity contribution is 8.11. The van der Waals surface area contributed by atoms with Gasteiger partial charge in [0, 0.05) is 22.6 Å². The van der Waals surface area contributed by atoms with Crippen molar-refractivity contribution in [3.8, 4) is 0 Å². The van der Waals surface area contributed by atoms with Crippen LogP contribution in [-0.4, -0.2) is 14.6 Å². The summed E-state index contributed by atoms with van der Waals surface area (Å²) in [6, 6.07) is 16.2. The molecular weight excluding hydrogens is 336 g/mol. The lowest BCUT2D eigenvalue weighted by molar-refractivity contribution is -0.117. The summed E-state index contributed by atoms with van der Waals surface area (Å²) >= 11 is 1.65. The number of Topliss-reactive ketones (excluding diaryl/α,β-unsaturated/α-hetero) is 1. The highest BCUT2D eigenvalue weighted by Crippen LogP contribution is 2.39. The van der Waals surface area contributed by atoms with Gasteiger partial charge in [0.2, 0.25) is 0 Å². The largest absolute Gasteiger partial charge is 0.300 e. The zero-order valence-corrected chi connectivity index (χ0v) is 15.7. The highest BCUT2D eigenvalue weighted by atomic mass is 32.2. The van der Waals surface area contributed by atoms with Crippen LogP contribution in [0, 0.1) is 19.8 Å². The number of hydrogen-bond donors (Lipinski definition) is 0. The first-order chi connectivity index (χ1) is 11.5. The summed E-state index contributed by atoms with van der Waals surface area (Å²) in [5.74, 6) is 0.487. The van der Waals surface area contributed by atoms with Crippen LogP contribution in [0.15, 0.2) is 58.3 Å². The predicted molar refractivity (Wildman–Crippen MR) is 101 cm³/mol. The number of thioether (sulfide) groups is 1. The van der Waals surface area contributed by atoms with Crippen LogP contribution in [0.1, 0.15) is 30.4 Å². The predicted octanol–water partition coefficient (Wildman–Crippen LogP) is 4.90.